The van der Waals surface area contributed by atoms with Crippen LogP contribution < -0.4 is 5.32 Å². The van der Waals surface area contributed by atoms with Crippen molar-refractivity contribution in [2.45, 2.75) is 44.4 Å². The number of para-hydroxylation sites is 1. The molecule has 0 spiro atoms. The van der Waals surface area contributed by atoms with Crippen LogP contribution in [-0.4, -0.2) is 28.5 Å². The molecule has 0 amide bonds. The maximum Gasteiger partial charge on any atom is 0.0705 e. The summed E-state index contributed by atoms with van der Waals surface area (Å²) in [6, 6.07) is 28.1. The number of rotatable bonds is 7. The molecular formula is C29H29Cl2N3. The first kappa shape index (κ1) is 23.3. The zero-order valence-electron chi connectivity index (χ0n) is 19.1. The lowest BCUT2D eigenvalue weighted by atomic mass is 9.91. The standard InChI is InChI=1S/C29H29Cl2N3/c30-27-11-6-9-23(29(27)31)20-34-16-14-24(18-25(34)17-21-7-2-1-3-8-21)33-19-22-13-15-32-28-12-5-4-10-26(22)28/h1-13,15,24-25,33H,14,16-20H2. The summed E-state index contributed by atoms with van der Waals surface area (Å²) in [5, 5.41) is 6.38. The van der Waals surface area contributed by atoms with E-state index in [1.165, 1.54) is 16.5 Å². The Balaban J connectivity index is 1.31. The second-order valence-corrected chi connectivity index (χ2v) is 9.90. The molecule has 1 saturated heterocycles. The fourth-order valence-electron chi connectivity index (χ4n) is 5.04. The van der Waals surface area contributed by atoms with Gasteiger partial charge in [0, 0.05) is 43.3 Å². The van der Waals surface area contributed by atoms with Gasteiger partial charge >= 0.3 is 0 Å². The molecule has 1 N–H and O–H groups in total. The largest absolute Gasteiger partial charge is 0.310 e. The molecule has 1 aliphatic rings. The summed E-state index contributed by atoms with van der Waals surface area (Å²) in [5.74, 6) is 0. The Morgan fingerprint density at radius 2 is 1.71 bits per heavy atom. The number of aromatic nitrogens is 1. The van der Waals surface area contributed by atoms with Gasteiger partial charge in [-0.3, -0.25) is 9.88 Å². The Kier molecular flexibility index (Phi) is 7.46. The van der Waals surface area contributed by atoms with Crippen molar-refractivity contribution in [3.63, 3.8) is 0 Å². The van der Waals surface area contributed by atoms with E-state index < -0.39 is 0 Å². The molecule has 0 bridgehead atoms. The van der Waals surface area contributed by atoms with Crippen LogP contribution in [0.25, 0.3) is 10.9 Å². The van der Waals surface area contributed by atoms with Crippen LogP contribution in [-0.2, 0) is 19.5 Å². The van der Waals surface area contributed by atoms with Crippen LogP contribution in [0.4, 0.5) is 0 Å². The average Bonchev–Trinajstić information content (AvgIpc) is 2.87. The topological polar surface area (TPSA) is 28.2 Å². The SMILES string of the molecule is Clc1cccc(CN2CCC(NCc3ccnc4ccccc34)CC2Cc2ccccc2)c1Cl. The molecule has 1 fully saturated rings. The molecule has 1 aromatic heterocycles. The van der Waals surface area contributed by atoms with Gasteiger partial charge in [0.05, 0.1) is 15.6 Å². The van der Waals surface area contributed by atoms with Crippen molar-refractivity contribution in [1.29, 1.82) is 0 Å². The summed E-state index contributed by atoms with van der Waals surface area (Å²) in [7, 11) is 0. The molecule has 0 radical (unpaired) electrons. The van der Waals surface area contributed by atoms with Gasteiger partial charge < -0.3 is 5.32 Å². The van der Waals surface area contributed by atoms with Gasteiger partial charge in [-0.25, -0.2) is 0 Å². The molecule has 2 heterocycles. The number of nitrogens with one attached hydrogen (secondary N) is 1. The molecule has 0 aliphatic carbocycles. The van der Waals surface area contributed by atoms with Crippen LogP contribution in [0.15, 0.2) is 85.1 Å². The Hall–Kier alpha value is -2.43. The Morgan fingerprint density at radius 1 is 0.882 bits per heavy atom. The summed E-state index contributed by atoms with van der Waals surface area (Å²) in [6.07, 6.45) is 5.13. The lowest BCUT2D eigenvalue weighted by molar-refractivity contribution is 0.116. The number of benzene rings is 3. The van der Waals surface area contributed by atoms with E-state index in [0.29, 0.717) is 22.1 Å². The minimum atomic E-state index is 0.429. The van der Waals surface area contributed by atoms with Crippen LogP contribution in [0.1, 0.15) is 29.5 Å². The number of pyridine rings is 1. The van der Waals surface area contributed by atoms with E-state index in [1.54, 1.807) is 0 Å². The van der Waals surface area contributed by atoms with Crippen molar-refractivity contribution in [2.24, 2.45) is 0 Å². The second kappa shape index (κ2) is 10.9. The fraction of sp³-hybridized carbons (Fsp3) is 0.276. The summed E-state index contributed by atoms with van der Waals surface area (Å²) in [5.41, 5.74) is 4.83. The lowest BCUT2D eigenvalue weighted by Crippen LogP contribution is -2.49. The number of hydrogen-bond acceptors (Lipinski definition) is 3. The molecule has 4 aromatic rings. The van der Waals surface area contributed by atoms with Gasteiger partial charge in [0.2, 0.25) is 0 Å². The molecule has 2 atom stereocenters. The van der Waals surface area contributed by atoms with Gasteiger partial charge in [-0.15, -0.1) is 0 Å². The van der Waals surface area contributed by atoms with Gasteiger partial charge in [0.1, 0.15) is 0 Å². The molecule has 174 valence electrons. The number of nitrogens with zero attached hydrogens (tertiary/aromatic N) is 2. The smallest absolute Gasteiger partial charge is 0.0705 e. The minimum absolute atomic E-state index is 0.429. The summed E-state index contributed by atoms with van der Waals surface area (Å²) >= 11 is 12.8. The van der Waals surface area contributed by atoms with Gasteiger partial charge in [0.15, 0.2) is 0 Å². The molecule has 0 saturated carbocycles. The van der Waals surface area contributed by atoms with Crippen LogP contribution in [0.2, 0.25) is 10.0 Å². The second-order valence-electron chi connectivity index (χ2n) is 9.12. The molecule has 5 heteroatoms. The normalized spacial score (nSPS) is 18.9. The van der Waals surface area contributed by atoms with Gasteiger partial charge in [-0.05, 0) is 54.2 Å². The van der Waals surface area contributed by atoms with Crippen LogP contribution in [0, 0.1) is 0 Å². The summed E-state index contributed by atoms with van der Waals surface area (Å²) < 4.78 is 0. The van der Waals surface area contributed by atoms with Crippen molar-refractivity contribution in [1.82, 2.24) is 15.2 Å². The van der Waals surface area contributed by atoms with Crippen LogP contribution in [0.5, 0.6) is 0 Å². The molecule has 3 nitrogen and oxygen atoms in total. The molecule has 3 aromatic carbocycles. The van der Waals surface area contributed by atoms with E-state index in [0.717, 1.165) is 50.0 Å². The molecular weight excluding hydrogens is 461 g/mol. The van der Waals surface area contributed by atoms with Gasteiger partial charge in [0.25, 0.3) is 0 Å². The number of halogens is 2. The predicted octanol–water partition coefficient (Wildman–Crippen LogP) is 6.91. The first-order valence-corrected chi connectivity index (χ1v) is 12.7. The van der Waals surface area contributed by atoms with E-state index in [1.807, 2.05) is 24.4 Å². The minimum Gasteiger partial charge on any atom is -0.310 e. The van der Waals surface area contributed by atoms with Crippen molar-refractivity contribution >= 4 is 34.1 Å². The third-order valence-electron chi connectivity index (χ3n) is 6.88. The number of fused-ring (bicyclic) bond motifs is 1. The first-order valence-electron chi connectivity index (χ1n) is 11.9. The Morgan fingerprint density at radius 3 is 2.59 bits per heavy atom. The number of hydrogen-bond donors (Lipinski definition) is 1. The van der Waals surface area contributed by atoms with E-state index in [9.17, 15) is 0 Å². The maximum absolute atomic E-state index is 6.54. The predicted molar refractivity (Wildman–Crippen MR) is 142 cm³/mol. The van der Waals surface area contributed by atoms with Crippen molar-refractivity contribution in [2.75, 3.05) is 6.54 Å². The molecule has 1 aliphatic heterocycles. The van der Waals surface area contributed by atoms with Crippen LogP contribution in [0.3, 0.4) is 0 Å². The van der Waals surface area contributed by atoms with Gasteiger partial charge in [-0.2, -0.15) is 0 Å². The van der Waals surface area contributed by atoms with Crippen molar-refractivity contribution in [3.05, 3.63) is 112 Å². The van der Waals surface area contributed by atoms with Crippen LogP contribution >= 0.6 is 23.2 Å². The Bertz CT molecular complexity index is 1240. The van der Waals surface area contributed by atoms with Crippen molar-refractivity contribution in [3.8, 4) is 0 Å². The van der Waals surface area contributed by atoms with Gasteiger partial charge in [-0.1, -0.05) is 83.9 Å². The maximum atomic E-state index is 6.54. The summed E-state index contributed by atoms with van der Waals surface area (Å²) in [4.78, 5) is 7.08. The lowest BCUT2D eigenvalue weighted by Gasteiger charge is -2.40. The number of piperidine rings is 1. The third kappa shape index (κ3) is 5.45. The molecule has 5 rings (SSSR count). The summed E-state index contributed by atoms with van der Waals surface area (Å²) in [6.45, 7) is 2.69. The monoisotopic (exact) mass is 489 g/mol. The zero-order valence-corrected chi connectivity index (χ0v) is 20.6. The van der Waals surface area contributed by atoms with Crippen molar-refractivity contribution < 1.29 is 0 Å². The Labute approximate surface area is 211 Å². The molecule has 34 heavy (non-hydrogen) atoms. The highest BCUT2D eigenvalue weighted by Gasteiger charge is 2.29. The highest BCUT2D eigenvalue weighted by Crippen LogP contribution is 2.30. The van der Waals surface area contributed by atoms with E-state index in [4.69, 9.17) is 23.2 Å². The molecule has 2 unspecified atom stereocenters. The average molecular weight is 490 g/mol. The van der Waals surface area contributed by atoms with E-state index in [-0.39, 0.29) is 0 Å². The highest BCUT2D eigenvalue weighted by atomic mass is 35.5. The van der Waals surface area contributed by atoms with E-state index >= 15 is 0 Å². The fourth-order valence-corrected chi connectivity index (χ4v) is 5.42. The number of likely N-dealkylation sites (tertiary alicyclic amines) is 1. The quantitative estimate of drug-likeness (QED) is 0.305. The highest BCUT2D eigenvalue weighted by molar-refractivity contribution is 6.42. The third-order valence-corrected chi connectivity index (χ3v) is 7.74. The van der Waals surface area contributed by atoms with E-state index in [2.05, 4.69) is 75.9 Å². The first-order chi connectivity index (χ1) is 16.7. The zero-order chi connectivity index (χ0) is 23.3.